The number of benzene rings is 1. The van der Waals surface area contributed by atoms with Crippen molar-refractivity contribution in [2.75, 3.05) is 5.32 Å². The van der Waals surface area contributed by atoms with Crippen molar-refractivity contribution in [2.24, 2.45) is 0 Å². The molecular formula is C13H11N3O6. The van der Waals surface area contributed by atoms with E-state index in [1.807, 2.05) is 0 Å². The molecule has 1 aliphatic rings. The first-order valence-corrected chi connectivity index (χ1v) is 6.29. The summed E-state index contributed by atoms with van der Waals surface area (Å²) in [5, 5.41) is 12.9. The zero-order chi connectivity index (χ0) is 16.3. The van der Waals surface area contributed by atoms with Gasteiger partial charge in [0.05, 0.1) is 4.92 Å². The van der Waals surface area contributed by atoms with Crippen LogP contribution in [0.2, 0.25) is 0 Å². The average Bonchev–Trinajstić information content (AvgIpc) is 2.81. The lowest BCUT2D eigenvalue weighted by Crippen LogP contribution is -2.47. The van der Waals surface area contributed by atoms with Gasteiger partial charge in [0.25, 0.3) is 11.6 Å². The monoisotopic (exact) mass is 305 g/mol. The van der Waals surface area contributed by atoms with Crippen LogP contribution in [-0.4, -0.2) is 39.9 Å². The summed E-state index contributed by atoms with van der Waals surface area (Å²) in [6, 6.07) is 3.38. The van der Waals surface area contributed by atoms with Gasteiger partial charge in [0.1, 0.15) is 0 Å². The van der Waals surface area contributed by atoms with Gasteiger partial charge in [0.2, 0.25) is 11.8 Å². The maximum Gasteiger partial charge on any atom is 0.269 e. The normalized spacial score (nSPS) is 15.5. The first kappa shape index (κ1) is 15.3. The molecule has 1 aromatic carbocycles. The van der Waals surface area contributed by atoms with Crippen LogP contribution in [0.25, 0.3) is 0 Å². The predicted octanol–water partition coefficient (Wildman–Crippen LogP) is 0.250. The predicted molar refractivity (Wildman–Crippen MR) is 72.7 cm³/mol. The van der Waals surface area contributed by atoms with E-state index in [2.05, 4.69) is 5.32 Å². The van der Waals surface area contributed by atoms with Crippen LogP contribution in [0.1, 0.15) is 12.8 Å². The summed E-state index contributed by atoms with van der Waals surface area (Å²) >= 11 is 0. The molecule has 9 heteroatoms. The molecule has 0 unspecified atom stereocenters. The number of carbonyl (C=O) groups is 4. The number of likely N-dealkylation sites (tertiary alicyclic amines) is 1. The van der Waals surface area contributed by atoms with Crippen LogP contribution in [-0.2, 0) is 19.2 Å². The van der Waals surface area contributed by atoms with Crippen LogP contribution in [0.5, 0.6) is 0 Å². The number of non-ortho nitro benzene ring substituents is 1. The maximum atomic E-state index is 12.0. The second kappa shape index (κ2) is 6.12. The zero-order valence-electron chi connectivity index (χ0n) is 11.2. The number of aldehydes is 1. The van der Waals surface area contributed by atoms with Crippen LogP contribution in [0, 0.1) is 10.1 Å². The Morgan fingerprint density at radius 2 is 1.77 bits per heavy atom. The van der Waals surface area contributed by atoms with Crippen molar-refractivity contribution < 1.29 is 24.1 Å². The topological polar surface area (TPSA) is 127 Å². The minimum Gasteiger partial charge on any atom is -0.324 e. The Morgan fingerprint density at radius 3 is 2.23 bits per heavy atom. The van der Waals surface area contributed by atoms with Gasteiger partial charge in [-0.2, -0.15) is 0 Å². The van der Waals surface area contributed by atoms with Gasteiger partial charge in [-0.1, -0.05) is 0 Å². The molecule has 2 rings (SSSR count). The van der Waals surface area contributed by atoms with Crippen molar-refractivity contribution >= 4 is 35.4 Å². The third kappa shape index (κ3) is 2.97. The molecule has 0 bridgehead atoms. The van der Waals surface area contributed by atoms with Crippen LogP contribution in [0.3, 0.4) is 0 Å². The fraction of sp³-hybridized carbons (Fsp3) is 0.231. The van der Waals surface area contributed by atoms with Crippen LogP contribution < -0.4 is 5.32 Å². The fourth-order valence-electron chi connectivity index (χ4n) is 2.03. The highest BCUT2D eigenvalue weighted by atomic mass is 16.6. The smallest absolute Gasteiger partial charge is 0.269 e. The maximum absolute atomic E-state index is 12.0. The Balaban J connectivity index is 2.12. The molecule has 0 aromatic heterocycles. The number of nitro benzene ring substituents is 1. The van der Waals surface area contributed by atoms with Crippen molar-refractivity contribution in [3.63, 3.8) is 0 Å². The van der Waals surface area contributed by atoms with Crippen molar-refractivity contribution in [2.45, 2.75) is 18.9 Å². The van der Waals surface area contributed by atoms with Gasteiger partial charge < -0.3 is 10.1 Å². The molecule has 1 aromatic rings. The minimum absolute atomic E-state index is 0.0337. The number of nitrogens with zero attached hydrogens (tertiary/aromatic N) is 2. The summed E-state index contributed by atoms with van der Waals surface area (Å²) in [5.74, 6) is -2.02. The minimum atomic E-state index is -1.54. The van der Waals surface area contributed by atoms with Gasteiger partial charge in [-0.05, 0) is 12.1 Å². The second-order valence-corrected chi connectivity index (χ2v) is 4.53. The number of rotatable bonds is 5. The fourth-order valence-corrected chi connectivity index (χ4v) is 2.03. The molecule has 0 radical (unpaired) electrons. The lowest BCUT2D eigenvalue weighted by molar-refractivity contribution is -0.384. The van der Waals surface area contributed by atoms with E-state index in [-0.39, 0.29) is 30.5 Å². The Morgan fingerprint density at radius 1 is 1.23 bits per heavy atom. The molecule has 9 nitrogen and oxygen atoms in total. The van der Waals surface area contributed by atoms with E-state index in [0.717, 1.165) is 0 Å². The number of hydrogen-bond donors (Lipinski definition) is 1. The van der Waals surface area contributed by atoms with Gasteiger partial charge in [-0.25, -0.2) is 0 Å². The van der Waals surface area contributed by atoms with Crippen molar-refractivity contribution in [1.82, 2.24) is 4.90 Å². The molecule has 0 saturated carbocycles. The molecule has 114 valence electrons. The van der Waals surface area contributed by atoms with E-state index in [4.69, 9.17) is 0 Å². The Bertz CT molecular complexity index is 638. The molecule has 22 heavy (non-hydrogen) atoms. The van der Waals surface area contributed by atoms with Gasteiger partial charge >= 0.3 is 0 Å². The second-order valence-electron chi connectivity index (χ2n) is 4.53. The molecule has 1 N–H and O–H groups in total. The van der Waals surface area contributed by atoms with E-state index in [0.29, 0.717) is 4.90 Å². The van der Waals surface area contributed by atoms with Crippen molar-refractivity contribution in [1.29, 1.82) is 0 Å². The molecule has 0 spiro atoms. The number of nitro groups is 1. The lowest BCUT2D eigenvalue weighted by atomic mass is 10.2. The van der Waals surface area contributed by atoms with Crippen LogP contribution in [0.15, 0.2) is 24.3 Å². The SMILES string of the molecule is O=C[C@H](C(=O)Nc1ccc([N+](=O)[O-])cc1)N1C(=O)CCC1=O. The zero-order valence-corrected chi connectivity index (χ0v) is 11.2. The molecule has 1 fully saturated rings. The summed E-state index contributed by atoms with van der Waals surface area (Å²) in [5.41, 5.74) is 0.0522. The molecule has 1 aliphatic heterocycles. The first-order valence-electron chi connectivity index (χ1n) is 6.29. The lowest BCUT2D eigenvalue weighted by Gasteiger charge is -2.20. The summed E-state index contributed by atoms with van der Waals surface area (Å²) in [7, 11) is 0. The number of carbonyl (C=O) groups excluding carboxylic acids is 4. The largest absolute Gasteiger partial charge is 0.324 e. The molecular weight excluding hydrogens is 294 g/mol. The molecule has 1 saturated heterocycles. The van der Waals surface area contributed by atoms with E-state index in [9.17, 15) is 29.3 Å². The van der Waals surface area contributed by atoms with Crippen LogP contribution in [0.4, 0.5) is 11.4 Å². The standard InChI is InChI=1S/C13H11N3O6/c17-7-10(15-11(18)5-6-12(15)19)13(20)14-8-1-3-9(4-2-8)16(21)22/h1-4,7,10H,5-6H2,(H,14,20)/t10-/m1/s1. The van der Waals surface area contributed by atoms with Gasteiger partial charge in [-0.15, -0.1) is 0 Å². The average molecular weight is 305 g/mol. The van der Waals surface area contributed by atoms with Gasteiger partial charge in [0.15, 0.2) is 12.3 Å². The van der Waals surface area contributed by atoms with E-state index in [1.54, 1.807) is 0 Å². The quantitative estimate of drug-likeness (QED) is 0.273. The number of anilines is 1. The number of imide groups is 1. The number of nitrogens with one attached hydrogen (secondary N) is 1. The van der Waals surface area contributed by atoms with Crippen molar-refractivity contribution in [3.8, 4) is 0 Å². The van der Waals surface area contributed by atoms with Gasteiger partial charge in [-0.3, -0.25) is 29.4 Å². The van der Waals surface area contributed by atoms with E-state index < -0.39 is 28.7 Å². The molecule has 1 atom stereocenters. The van der Waals surface area contributed by atoms with Gasteiger partial charge in [0, 0.05) is 30.7 Å². The Kier molecular flexibility index (Phi) is 4.25. The Hall–Kier alpha value is -3.10. The number of amides is 3. The number of hydrogen-bond acceptors (Lipinski definition) is 6. The summed E-state index contributed by atoms with van der Waals surface area (Å²) in [6.45, 7) is 0. The van der Waals surface area contributed by atoms with Crippen LogP contribution >= 0.6 is 0 Å². The highest BCUT2D eigenvalue weighted by Gasteiger charge is 2.38. The third-order valence-electron chi connectivity index (χ3n) is 3.11. The summed E-state index contributed by atoms with van der Waals surface area (Å²) < 4.78 is 0. The highest BCUT2D eigenvalue weighted by Crippen LogP contribution is 2.18. The highest BCUT2D eigenvalue weighted by molar-refractivity contribution is 6.13. The molecule has 3 amide bonds. The summed E-state index contributed by atoms with van der Waals surface area (Å²) in [6.07, 6.45) is 0.143. The molecule has 0 aliphatic carbocycles. The van der Waals surface area contributed by atoms with Crippen molar-refractivity contribution in [3.05, 3.63) is 34.4 Å². The summed E-state index contributed by atoms with van der Waals surface area (Å²) in [4.78, 5) is 56.7. The third-order valence-corrected chi connectivity index (χ3v) is 3.11. The first-order chi connectivity index (χ1) is 10.4. The molecule has 1 heterocycles. The van der Waals surface area contributed by atoms with E-state index >= 15 is 0 Å². The van der Waals surface area contributed by atoms with E-state index in [1.165, 1.54) is 24.3 Å². The Labute approximate surface area is 124 Å².